The third kappa shape index (κ3) is 4.44. The summed E-state index contributed by atoms with van der Waals surface area (Å²) < 4.78 is 0. The van der Waals surface area contributed by atoms with Gasteiger partial charge in [0.25, 0.3) is 0 Å². The highest BCUT2D eigenvalue weighted by atomic mass is 35.5. The molecule has 2 aromatic rings. The molecule has 1 heterocycles. The van der Waals surface area contributed by atoms with Crippen LogP contribution in [0.25, 0.3) is 0 Å². The molecular weight excluding hydrogens is 304 g/mol. The summed E-state index contributed by atoms with van der Waals surface area (Å²) in [5.41, 5.74) is 4.09. The van der Waals surface area contributed by atoms with Crippen LogP contribution in [0.5, 0.6) is 0 Å². The quantitative estimate of drug-likeness (QED) is 0.693. The Morgan fingerprint density at radius 1 is 1.48 bits per heavy atom. The summed E-state index contributed by atoms with van der Waals surface area (Å²) >= 11 is 7.67. The molecule has 2 rings (SSSR count). The van der Waals surface area contributed by atoms with Gasteiger partial charge in [-0.1, -0.05) is 23.7 Å². The molecule has 112 valence electrons. The van der Waals surface area contributed by atoms with Gasteiger partial charge in [0.15, 0.2) is 5.96 Å². The molecule has 4 nitrogen and oxygen atoms in total. The fourth-order valence-electron chi connectivity index (χ4n) is 2.02. The average molecular weight is 323 g/mol. The van der Waals surface area contributed by atoms with Crippen LogP contribution in [0.1, 0.15) is 16.1 Å². The van der Waals surface area contributed by atoms with Gasteiger partial charge < -0.3 is 10.2 Å². The Hall–Kier alpha value is -1.59. The first-order valence-electron chi connectivity index (χ1n) is 6.65. The number of benzene rings is 1. The molecule has 1 aromatic heterocycles. The van der Waals surface area contributed by atoms with Gasteiger partial charge in [-0.2, -0.15) is 0 Å². The first-order valence-corrected chi connectivity index (χ1v) is 7.91. The molecule has 1 aromatic carbocycles. The van der Waals surface area contributed by atoms with E-state index in [-0.39, 0.29) is 0 Å². The van der Waals surface area contributed by atoms with Crippen molar-refractivity contribution in [2.75, 3.05) is 14.1 Å². The van der Waals surface area contributed by atoms with E-state index in [1.54, 1.807) is 18.4 Å². The monoisotopic (exact) mass is 322 g/mol. The van der Waals surface area contributed by atoms with Crippen molar-refractivity contribution in [3.8, 4) is 0 Å². The number of thiazole rings is 1. The van der Waals surface area contributed by atoms with Gasteiger partial charge in [0.05, 0.1) is 17.7 Å². The molecule has 0 radical (unpaired) electrons. The summed E-state index contributed by atoms with van der Waals surface area (Å²) in [4.78, 5) is 11.9. The molecule has 6 heteroatoms. The van der Waals surface area contributed by atoms with Crippen LogP contribution < -0.4 is 5.32 Å². The molecule has 0 saturated carbocycles. The van der Waals surface area contributed by atoms with E-state index in [2.05, 4.69) is 26.3 Å². The highest BCUT2D eigenvalue weighted by Gasteiger charge is 2.08. The van der Waals surface area contributed by atoms with E-state index in [0.29, 0.717) is 0 Å². The Morgan fingerprint density at radius 2 is 2.29 bits per heavy atom. The molecule has 0 aliphatic rings. The van der Waals surface area contributed by atoms with E-state index in [4.69, 9.17) is 11.6 Å². The van der Waals surface area contributed by atoms with Gasteiger partial charge in [-0.3, -0.25) is 4.99 Å². The Bertz CT molecular complexity index is 624. The lowest BCUT2D eigenvalue weighted by Crippen LogP contribution is -2.38. The second kappa shape index (κ2) is 7.43. The Balaban J connectivity index is 1.96. The normalized spacial score (nSPS) is 11.5. The topological polar surface area (TPSA) is 40.5 Å². The van der Waals surface area contributed by atoms with Crippen LogP contribution in [-0.2, 0) is 13.1 Å². The molecule has 0 saturated heterocycles. The van der Waals surface area contributed by atoms with Gasteiger partial charge in [0.2, 0.25) is 0 Å². The maximum absolute atomic E-state index is 6.02. The number of hydrogen-bond donors (Lipinski definition) is 1. The average Bonchev–Trinajstić information content (AvgIpc) is 2.85. The number of aryl methyl sites for hydroxylation is 1. The fraction of sp³-hybridized carbons (Fsp3) is 0.333. The van der Waals surface area contributed by atoms with E-state index in [1.807, 2.05) is 37.7 Å². The van der Waals surface area contributed by atoms with Crippen molar-refractivity contribution in [2.24, 2.45) is 4.99 Å². The van der Waals surface area contributed by atoms with Crippen molar-refractivity contribution in [1.82, 2.24) is 15.2 Å². The minimum absolute atomic E-state index is 0.739. The number of nitrogens with zero attached hydrogens (tertiary/aromatic N) is 3. The molecule has 0 aliphatic heterocycles. The Labute approximate surface area is 134 Å². The van der Waals surface area contributed by atoms with Crippen LogP contribution in [-0.4, -0.2) is 29.9 Å². The summed E-state index contributed by atoms with van der Waals surface area (Å²) in [5.74, 6) is 0.850. The first-order chi connectivity index (χ1) is 10.1. The zero-order valence-corrected chi connectivity index (χ0v) is 14.0. The molecule has 1 N–H and O–H groups in total. The molecule has 0 aliphatic carbocycles. The Morgan fingerprint density at radius 3 is 2.90 bits per heavy atom. The van der Waals surface area contributed by atoms with Crippen molar-refractivity contribution in [3.63, 3.8) is 0 Å². The van der Waals surface area contributed by atoms with Crippen molar-refractivity contribution in [3.05, 3.63) is 50.9 Å². The number of nitrogens with one attached hydrogen (secondary N) is 1. The van der Waals surface area contributed by atoms with Gasteiger partial charge in [0.1, 0.15) is 0 Å². The van der Waals surface area contributed by atoms with E-state index >= 15 is 0 Å². The van der Waals surface area contributed by atoms with Crippen molar-refractivity contribution < 1.29 is 0 Å². The molecular formula is C15H19ClN4S. The molecule has 0 unspecified atom stereocenters. The van der Waals surface area contributed by atoms with Gasteiger partial charge in [-0.25, -0.2) is 4.98 Å². The second-order valence-electron chi connectivity index (χ2n) is 4.75. The first kappa shape index (κ1) is 15.8. The largest absolute Gasteiger partial charge is 0.351 e. The molecule has 0 spiro atoms. The van der Waals surface area contributed by atoms with Crippen LogP contribution >= 0.6 is 22.9 Å². The lowest BCUT2D eigenvalue weighted by atomic mass is 10.2. The number of aromatic nitrogens is 1. The number of aliphatic imine (C=N–C) groups is 1. The third-order valence-electron chi connectivity index (χ3n) is 3.13. The lowest BCUT2D eigenvalue weighted by molar-refractivity contribution is 0.477. The smallest absolute Gasteiger partial charge is 0.193 e. The maximum atomic E-state index is 6.02. The van der Waals surface area contributed by atoms with E-state index < -0.39 is 0 Å². The number of hydrogen-bond acceptors (Lipinski definition) is 3. The minimum Gasteiger partial charge on any atom is -0.351 e. The number of rotatable bonds is 4. The lowest BCUT2D eigenvalue weighted by Gasteiger charge is -2.22. The second-order valence-corrected chi connectivity index (χ2v) is 6.12. The maximum Gasteiger partial charge on any atom is 0.193 e. The molecule has 0 bridgehead atoms. The van der Waals surface area contributed by atoms with Gasteiger partial charge >= 0.3 is 0 Å². The van der Waals surface area contributed by atoms with Crippen LogP contribution in [0.3, 0.4) is 0 Å². The van der Waals surface area contributed by atoms with Gasteiger partial charge in [0, 0.05) is 30.5 Å². The molecule has 21 heavy (non-hydrogen) atoms. The highest BCUT2D eigenvalue weighted by molar-refractivity contribution is 7.09. The standard InChI is InChI=1S/C15H19ClN4S/c1-11-14(21-10-19-11)8-18-15(17-2)20(3)9-12-5-4-6-13(16)7-12/h4-7,10H,8-9H2,1-3H3,(H,17,18). The van der Waals surface area contributed by atoms with E-state index in [1.165, 1.54) is 4.88 Å². The number of guanidine groups is 1. The fourth-order valence-corrected chi connectivity index (χ4v) is 2.95. The molecule has 0 atom stereocenters. The highest BCUT2D eigenvalue weighted by Crippen LogP contribution is 2.13. The van der Waals surface area contributed by atoms with Crippen LogP contribution in [0.4, 0.5) is 0 Å². The predicted molar refractivity (Wildman–Crippen MR) is 90.0 cm³/mol. The molecule has 0 fully saturated rings. The zero-order valence-electron chi connectivity index (χ0n) is 12.4. The van der Waals surface area contributed by atoms with Crippen LogP contribution in [0.15, 0.2) is 34.8 Å². The summed E-state index contributed by atoms with van der Waals surface area (Å²) in [5, 5.41) is 4.11. The minimum atomic E-state index is 0.739. The SMILES string of the molecule is CN=C(NCc1scnc1C)N(C)Cc1cccc(Cl)c1. The zero-order chi connectivity index (χ0) is 15.2. The summed E-state index contributed by atoms with van der Waals surface area (Å²) in [6.45, 7) is 3.51. The van der Waals surface area contributed by atoms with Crippen molar-refractivity contribution in [2.45, 2.75) is 20.0 Å². The van der Waals surface area contributed by atoms with Crippen LogP contribution in [0, 0.1) is 6.92 Å². The van der Waals surface area contributed by atoms with Gasteiger partial charge in [-0.15, -0.1) is 11.3 Å². The van der Waals surface area contributed by atoms with Crippen LogP contribution in [0.2, 0.25) is 5.02 Å². The summed E-state index contributed by atoms with van der Waals surface area (Å²) in [6, 6.07) is 7.87. The van der Waals surface area contributed by atoms with E-state index in [0.717, 1.165) is 35.3 Å². The third-order valence-corrected chi connectivity index (χ3v) is 4.30. The van der Waals surface area contributed by atoms with E-state index in [9.17, 15) is 0 Å². The predicted octanol–water partition coefficient (Wildman–Crippen LogP) is 3.31. The van der Waals surface area contributed by atoms with Crippen molar-refractivity contribution >= 4 is 28.9 Å². The van der Waals surface area contributed by atoms with Crippen molar-refractivity contribution in [1.29, 1.82) is 0 Å². The molecule has 0 amide bonds. The summed E-state index contributed by atoms with van der Waals surface area (Å²) in [7, 11) is 3.80. The Kier molecular flexibility index (Phi) is 5.59. The number of halogens is 1. The van der Waals surface area contributed by atoms with Gasteiger partial charge in [-0.05, 0) is 24.6 Å². The summed E-state index contributed by atoms with van der Waals surface area (Å²) in [6.07, 6.45) is 0.